The summed E-state index contributed by atoms with van der Waals surface area (Å²) in [5.41, 5.74) is 7.03. The van der Waals surface area contributed by atoms with Gasteiger partial charge in [-0.05, 0) is 66.3 Å². The molecular weight excluding hydrogens is 649 g/mol. The summed E-state index contributed by atoms with van der Waals surface area (Å²) >= 11 is 2.56. The van der Waals surface area contributed by atoms with Crippen LogP contribution in [0.25, 0.3) is 22.1 Å². The van der Waals surface area contributed by atoms with Crippen molar-refractivity contribution in [3.8, 4) is 11.8 Å². The number of fused-ring (bicyclic) bond motifs is 4. The minimum absolute atomic E-state index is 0.164. The predicted molar refractivity (Wildman–Crippen MR) is 186 cm³/mol. The van der Waals surface area contributed by atoms with Gasteiger partial charge in [0.1, 0.15) is 42.2 Å². The summed E-state index contributed by atoms with van der Waals surface area (Å²) < 4.78 is 0. The summed E-state index contributed by atoms with van der Waals surface area (Å²) in [5, 5.41) is 26.4. The first kappa shape index (κ1) is 31.4. The van der Waals surface area contributed by atoms with Gasteiger partial charge >= 0.3 is 0 Å². The van der Waals surface area contributed by atoms with Gasteiger partial charge in [0, 0.05) is 46.3 Å². The molecule has 2 aromatic carbocycles. The van der Waals surface area contributed by atoms with Gasteiger partial charge in [0.2, 0.25) is 0 Å². The number of aliphatic hydroxyl groups is 2. The highest BCUT2D eigenvalue weighted by Gasteiger charge is 2.21. The topological polar surface area (TPSA) is 182 Å². The zero-order chi connectivity index (χ0) is 33.0. The second kappa shape index (κ2) is 13.9. The number of carbonyl (C=O) groups excluding carboxylic acids is 2. The number of benzene rings is 2. The summed E-state index contributed by atoms with van der Waals surface area (Å²) in [6.07, 6.45) is 5.45. The first-order valence-electron chi connectivity index (χ1n) is 15.0. The Kier molecular flexibility index (Phi) is 9.08. The fourth-order valence-corrected chi connectivity index (χ4v) is 7.25. The Labute approximate surface area is 282 Å². The van der Waals surface area contributed by atoms with E-state index in [4.69, 9.17) is 10.2 Å². The molecule has 0 radical (unpaired) electrons. The molecule has 0 amide bonds. The van der Waals surface area contributed by atoms with Crippen molar-refractivity contribution in [3.05, 3.63) is 83.7 Å². The number of hydrogen-bond acceptors (Lipinski definition) is 12. The third-order valence-corrected chi connectivity index (χ3v) is 9.53. The molecule has 2 aliphatic rings. The van der Waals surface area contributed by atoms with Gasteiger partial charge in [-0.1, -0.05) is 41.6 Å². The van der Waals surface area contributed by atoms with E-state index in [0.717, 1.165) is 66.6 Å². The molecule has 6 aromatic rings. The molecule has 0 bridgehead atoms. The molecule has 48 heavy (non-hydrogen) atoms. The van der Waals surface area contributed by atoms with Crippen molar-refractivity contribution in [1.29, 1.82) is 0 Å². The van der Waals surface area contributed by atoms with Crippen molar-refractivity contribution in [1.82, 2.24) is 29.9 Å². The lowest BCUT2D eigenvalue weighted by Gasteiger charge is -2.07. The lowest BCUT2D eigenvalue weighted by atomic mass is 10.1. The average Bonchev–Trinajstić information content (AvgIpc) is 3.86. The smallest absolute Gasteiger partial charge is 0.198 e. The van der Waals surface area contributed by atoms with Crippen molar-refractivity contribution in [2.45, 2.75) is 35.5 Å². The summed E-state index contributed by atoms with van der Waals surface area (Å²) in [7, 11) is 0. The summed E-state index contributed by atoms with van der Waals surface area (Å²) in [6, 6.07) is 15.6. The monoisotopic (exact) mass is 676 g/mol. The molecular formula is C34H28N8O4S2. The van der Waals surface area contributed by atoms with Gasteiger partial charge in [-0.3, -0.25) is 9.59 Å². The lowest BCUT2D eigenvalue weighted by Crippen LogP contribution is -1.95. The van der Waals surface area contributed by atoms with Crippen molar-refractivity contribution in [3.63, 3.8) is 0 Å². The number of hydrogen-bond donors (Lipinski definition) is 6. The first-order chi connectivity index (χ1) is 23.4. The number of nitrogens with zero attached hydrogens (tertiary/aromatic N) is 4. The van der Waals surface area contributed by atoms with Crippen molar-refractivity contribution >= 4 is 78.8 Å². The Hall–Kier alpha value is -5.20. The van der Waals surface area contributed by atoms with E-state index >= 15 is 0 Å². The standard InChI is InChI=1S/C17H16N4O2S.C17H12N4O2S/c2*22-5-1-2-11-7-13-16(20-11)18-9-19-17(13)21-12-4-3-10-6-15(23)24-14(10)8-12/h3-4,7-9,22H,1-2,5-6H2,(H2,18,19,20,21);3-4,7-9,22H,5-6H2,(H2,18,19,20,21). The van der Waals surface area contributed by atoms with Gasteiger partial charge in [-0.25, -0.2) is 19.9 Å². The molecule has 0 saturated heterocycles. The van der Waals surface area contributed by atoms with Crippen LogP contribution in [0.15, 0.2) is 71.0 Å². The number of rotatable bonds is 7. The number of aliphatic hydroxyl groups excluding tert-OH is 2. The Morgan fingerprint density at radius 2 is 1.33 bits per heavy atom. The molecule has 0 aliphatic carbocycles. The van der Waals surface area contributed by atoms with Crippen LogP contribution in [0.3, 0.4) is 0 Å². The van der Waals surface area contributed by atoms with Crippen LogP contribution in [0.4, 0.5) is 23.0 Å². The van der Waals surface area contributed by atoms with Gasteiger partial charge in [0.25, 0.3) is 0 Å². The molecule has 6 N–H and O–H groups in total. The van der Waals surface area contributed by atoms with E-state index in [9.17, 15) is 9.59 Å². The minimum atomic E-state index is -0.197. The molecule has 14 heteroatoms. The number of anilines is 4. The number of nitrogens with one attached hydrogen (secondary N) is 4. The van der Waals surface area contributed by atoms with Gasteiger partial charge in [-0.2, -0.15) is 0 Å². The maximum Gasteiger partial charge on any atom is 0.198 e. The van der Waals surface area contributed by atoms with E-state index < -0.39 is 0 Å². The van der Waals surface area contributed by atoms with Crippen LogP contribution < -0.4 is 10.6 Å². The number of aryl methyl sites for hydroxylation is 1. The molecule has 2 aliphatic heterocycles. The molecule has 0 unspecified atom stereocenters. The van der Waals surface area contributed by atoms with E-state index in [2.05, 4.69) is 52.4 Å². The number of carbonyl (C=O) groups is 2. The van der Waals surface area contributed by atoms with Gasteiger partial charge in [0.05, 0.1) is 16.5 Å². The van der Waals surface area contributed by atoms with Crippen LogP contribution in [-0.2, 0) is 28.9 Å². The minimum Gasteiger partial charge on any atom is -0.396 e. The van der Waals surface area contributed by atoms with Gasteiger partial charge in [-0.15, -0.1) is 0 Å². The molecule has 0 fully saturated rings. The van der Waals surface area contributed by atoms with Crippen LogP contribution in [0, 0.1) is 11.8 Å². The number of H-pyrrole nitrogens is 2. The van der Waals surface area contributed by atoms with Gasteiger partial charge < -0.3 is 30.8 Å². The zero-order valence-corrected chi connectivity index (χ0v) is 27.0. The molecule has 0 atom stereocenters. The molecule has 8 rings (SSSR count). The summed E-state index contributed by atoms with van der Waals surface area (Å²) in [4.78, 5) is 48.5. The number of aromatic nitrogens is 6. The zero-order valence-electron chi connectivity index (χ0n) is 25.3. The Morgan fingerprint density at radius 1 is 0.750 bits per heavy atom. The molecule has 12 nitrogen and oxygen atoms in total. The van der Waals surface area contributed by atoms with Crippen LogP contribution in [0.1, 0.15) is 28.9 Å². The highest BCUT2D eigenvalue weighted by Crippen LogP contribution is 2.37. The third kappa shape index (κ3) is 6.90. The highest BCUT2D eigenvalue weighted by atomic mass is 32.2. The normalized spacial score (nSPS) is 13.1. The third-order valence-electron chi connectivity index (χ3n) is 7.59. The van der Waals surface area contributed by atoms with E-state index in [1.165, 1.54) is 36.2 Å². The van der Waals surface area contributed by atoms with E-state index in [-0.39, 0.29) is 23.4 Å². The van der Waals surface area contributed by atoms with Crippen LogP contribution in [-0.4, -0.2) is 63.6 Å². The molecule has 0 saturated carbocycles. The highest BCUT2D eigenvalue weighted by molar-refractivity contribution is 8.14. The van der Waals surface area contributed by atoms with Crippen LogP contribution in [0.2, 0.25) is 0 Å². The Balaban J connectivity index is 0.000000152. The largest absolute Gasteiger partial charge is 0.396 e. The Bertz CT molecular complexity index is 2250. The second-order valence-electron chi connectivity index (χ2n) is 10.9. The molecule has 240 valence electrons. The quantitative estimate of drug-likeness (QED) is 0.124. The van der Waals surface area contributed by atoms with E-state index in [1.54, 1.807) is 0 Å². The van der Waals surface area contributed by atoms with Crippen molar-refractivity contribution in [2.75, 3.05) is 23.8 Å². The van der Waals surface area contributed by atoms with Crippen molar-refractivity contribution < 1.29 is 19.8 Å². The van der Waals surface area contributed by atoms with Gasteiger partial charge in [0.15, 0.2) is 10.2 Å². The maximum atomic E-state index is 11.5. The SMILES string of the molecule is O=C1Cc2ccc(Nc3ncnc4[nH]c(C#CCO)cc34)cc2S1.O=C1Cc2ccc(Nc3ncnc4[nH]c(CCCO)cc34)cc2S1. The van der Waals surface area contributed by atoms with Crippen molar-refractivity contribution in [2.24, 2.45) is 0 Å². The average molecular weight is 677 g/mol. The second-order valence-corrected chi connectivity index (χ2v) is 13.1. The number of aromatic amines is 2. The fourth-order valence-electron chi connectivity index (χ4n) is 5.39. The summed E-state index contributed by atoms with van der Waals surface area (Å²) in [6.45, 7) is -0.0324. The molecule has 4 aromatic heterocycles. The van der Waals surface area contributed by atoms with Crippen LogP contribution in [0.5, 0.6) is 0 Å². The maximum absolute atomic E-state index is 11.5. The lowest BCUT2D eigenvalue weighted by molar-refractivity contribution is -0.110. The summed E-state index contributed by atoms with van der Waals surface area (Å²) in [5.74, 6) is 6.80. The van der Waals surface area contributed by atoms with E-state index in [0.29, 0.717) is 36.4 Å². The predicted octanol–water partition coefficient (Wildman–Crippen LogP) is 5.02. The van der Waals surface area contributed by atoms with Crippen LogP contribution >= 0.6 is 23.5 Å². The van der Waals surface area contributed by atoms with E-state index in [1.807, 2.05) is 48.5 Å². The fraction of sp³-hybridized carbons (Fsp3) is 0.176. The Morgan fingerprint density at radius 3 is 1.92 bits per heavy atom. The molecule has 0 spiro atoms. The number of thioether (sulfide) groups is 2. The first-order valence-corrected chi connectivity index (χ1v) is 16.7. The molecule has 6 heterocycles.